The molecule has 0 saturated heterocycles. The summed E-state index contributed by atoms with van der Waals surface area (Å²) < 4.78 is 64.7. The van der Waals surface area contributed by atoms with Crippen molar-refractivity contribution in [2.45, 2.75) is 69.9 Å². The summed E-state index contributed by atoms with van der Waals surface area (Å²) in [5.41, 5.74) is -1.31. The molecule has 0 bridgehead atoms. The van der Waals surface area contributed by atoms with Gasteiger partial charge in [0.1, 0.15) is 23.6 Å². The predicted octanol–water partition coefficient (Wildman–Crippen LogP) is 6.42. The van der Waals surface area contributed by atoms with Gasteiger partial charge in [-0.05, 0) is 79.6 Å². The summed E-state index contributed by atoms with van der Waals surface area (Å²) >= 11 is 0. The fraction of sp³-hybridized carbons (Fsp3) is 0.424. The van der Waals surface area contributed by atoms with Gasteiger partial charge in [0, 0.05) is 35.7 Å². The first-order chi connectivity index (χ1) is 21.8. The van der Waals surface area contributed by atoms with Crippen LogP contribution in [0.25, 0.3) is 5.57 Å². The number of nitriles is 1. The molecule has 1 fully saturated rings. The standard InChI is InChI=1S/C33H33F4N7O2/c1-4-39-27-12-22(31(2)14-20(15-38)6-7-25(31)29-42-40-19-43(29)3)13-28(41-27)44-16-24-23(30(44)45)10-21(11-26(24)33(35,36)37)17-46-18-32(34)8-5-9-32/h6-7,10-13,19H,4-5,8-9,14,16-18H2,1-3H3,(H,39,41). The largest absolute Gasteiger partial charge is 0.416 e. The topological polar surface area (TPSA) is 109 Å². The van der Waals surface area contributed by atoms with E-state index in [1.54, 1.807) is 23.0 Å². The number of ether oxygens (including phenoxy) is 1. The van der Waals surface area contributed by atoms with Gasteiger partial charge in [-0.2, -0.15) is 18.4 Å². The van der Waals surface area contributed by atoms with Crippen molar-refractivity contribution in [3.8, 4) is 6.07 Å². The summed E-state index contributed by atoms with van der Waals surface area (Å²) in [6.07, 6.45) is 2.19. The van der Waals surface area contributed by atoms with Gasteiger partial charge in [-0.25, -0.2) is 9.37 Å². The number of aryl methyl sites for hydroxylation is 1. The Kier molecular flexibility index (Phi) is 7.96. The van der Waals surface area contributed by atoms with Crippen molar-refractivity contribution >= 4 is 23.1 Å². The van der Waals surface area contributed by atoms with Crippen LogP contribution in [0.5, 0.6) is 0 Å². The van der Waals surface area contributed by atoms with Gasteiger partial charge in [0.25, 0.3) is 5.91 Å². The van der Waals surface area contributed by atoms with Crippen LogP contribution in [0, 0.1) is 11.3 Å². The first-order valence-electron chi connectivity index (χ1n) is 15.1. The number of aromatic nitrogens is 4. The highest BCUT2D eigenvalue weighted by Crippen LogP contribution is 2.47. The number of nitrogens with zero attached hydrogens (tertiary/aromatic N) is 6. The van der Waals surface area contributed by atoms with Gasteiger partial charge >= 0.3 is 6.18 Å². The van der Waals surface area contributed by atoms with E-state index in [1.165, 1.54) is 11.0 Å². The summed E-state index contributed by atoms with van der Waals surface area (Å²) in [4.78, 5) is 19.7. The van der Waals surface area contributed by atoms with E-state index in [9.17, 15) is 27.6 Å². The molecule has 1 atom stereocenters. The monoisotopic (exact) mass is 635 g/mol. The van der Waals surface area contributed by atoms with E-state index >= 15 is 0 Å². The lowest BCUT2D eigenvalue weighted by Gasteiger charge is -2.35. The molecule has 0 radical (unpaired) electrons. The number of allylic oxidation sites excluding steroid dienone is 4. The second-order valence-corrected chi connectivity index (χ2v) is 12.3. The number of amides is 1. The lowest BCUT2D eigenvalue weighted by molar-refractivity contribution is -0.138. The number of pyridine rings is 1. The highest BCUT2D eigenvalue weighted by molar-refractivity contribution is 6.10. The number of hydrogen-bond acceptors (Lipinski definition) is 7. The molecule has 1 amide bonds. The molecule has 3 aromatic rings. The van der Waals surface area contributed by atoms with Gasteiger partial charge in [0.05, 0.1) is 31.4 Å². The third-order valence-corrected chi connectivity index (χ3v) is 9.05. The summed E-state index contributed by atoms with van der Waals surface area (Å²) in [5.74, 6) is 0.540. The number of anilines is 2. The smallest absolute Gasteiger partial charge is 0.373 e. The maximum Gasteiger partial charge on any atom is 0.416 e. The summed E-state index contributed by atoms with van der Waals surface area (Å²) in [7, 11) is 1.81. The minimum Gasteiger partial charge on any atom is -0.373 e. The summed E-state index contributed by atoms with van der Waals surface area (Å²) in [6, 6.07) is 8.12. The molecule has 1 saturated carbocycles. The van der Waals surface area contributed by atoms with Crippen LogP contribution in [0.3, 0.4) is 0 Å². The van der Waals surface area contributed by atoms with E-state index in [-0.39, 0.29) is 42.3 Å². The average Bonchev–Trinajstić information content (AvgIpc) is 3.57. The van der Waals surface area contributed by atoms with Crippen molar-refractivity contribution in [2.24, 2.45) is 7.05 Å². The van der Waals surface area contributed by atoms with Gasteiger partial charge in [-0.15, -0.1) is 10.2 Å². The number of fused-ring (bicyclic) bond motifs is 1. The molecule has 240 valence electrons. The third-order valence-electron chi connectivity index (χ3n) is 9.05. The Morgan fingerprint density at radius 1 is 1.17 bits per heavy atom. The molecule has 3 heterocycles. The number of carbonyl (C=O) groups is 1. The molecule has 2 aromatic heterocycles. The molecular weight excluding hydrogens is 602 g/mol. The first-order valence-corrected chi connectivity index (χ1v) is 15.1. The molecule has 46 heavy (non-hydrogen) atoms. The van der Waals surface area contributed by atoms with Crippen molar-refractivity contribution < 1.29 is 27.1 Å². The highest BCUT2D eigenvalue weighted by Gasteiger charge is 2.43. The Balaban J connectivity index is 1.39. The molecule has 3 aliphatic rings. The van der Waals surface area contributed by atoms with Crippen LogP contribution in [0.15, 0.2) is 48.3 Å². The Hall–Kier alpha value is -4.57. The zero-order chi connectivity index (χ0) is 32.9. The van der Waals surface area contributed by atoms with Crippen LogP contribution in [-0.4, -0.2) is 44.5 Å². The van der Waals surface area contributed by atoms with Crippen molar-refractivity contribution in [3.63, 3.8) is 0 Å². The Morgan fingerprint density at radius 2 is 1.96 bits per heavy atom. The number of carbonyl (C=O) groups excluding carboxylic acids is 1. The zero-order valence-corrected chi connectivity index (χ0v) is 25.7. The number of hydrogen-bond donors (Lipinski definition) is 1. The van der Waals surface area contributed by atoms with Crippen molar-refractivity contribution in [1.82, 2.24) is 19.7 Å². The maximum atomic E-state index is 14.4. The van der Waals surface area contributed by atoms with E-state index < -0.39 is 28.7 Å². The van der Waals surface area contributed by atoms with E-state index in [4.69, 9.17) is 4.74 Å². The third kappa shape index (κ3) is 5.66. The molecule has 1 aromatic carbocycles. The molecular formula is C33H33F4N7O2. The van der Waals surface area contributed by atoms with E-state index in [1.807, 2.05) is 33.0 Å². The van der Waals surface area contributed by atoms with Crippen molar-refractivity contribution in [1.29, 1.82) is 5.26 Å². The van der Waals surface area contributed by atoms with Crippen LogP contribution in [0.4, 0.5) is 29.2 Å². The first kappa shape index (κ1) is 31.4. The molecule has 9 nitrogen and oxygen atoms in total. The van der Waals surface area contributed by atoms with Gasteiger partial charge in [-0.3, -0.25) is 9.69 Å². The fourth-order valence-corrected chi connectivity index (χ4v) is 6.38. The second kappa shape index (κ2) is 11.7. The van der Waals surface area contributed by atoms with Crippen LogP contribution in [-0.2, 0) is 36.5 Å². The number of alkyl halides is 4. The predicted molar refractivity (Wildman–Crippen MR) is 162 cm³/mol. The van der Waals surface area contributed by atoms with E-state index in [0.717, 1.165) is 18.1 Å². The number of nitrogens with one attached hydrogen (secondary N) is 1. The summed E-state index contributed by atoms with van der Waals surface area (Å²) in [5, 5.41) is 21.3. The van der Waals surface area contributed by atoms with Crippen LogP contribution in [0.2, 0.25) is 0 Å². The summed E-state index contributed by atoms with van der Waals surface area (Å²) in [6.45, 7) is 3.53. The van der Waals surface area contributed by atoms with Crippen LogP contribution >= 0.6 is 0 Å². The average molecular weight is 636 g/mol. The number of halogens is 4. The second-order valence-electron chi connectivity index (χ2n) is 12.3. The van der Waals surface area contributed by atoms with Crippen LogP contribution in [0.1, 0.15) is 78.0 Å². The minimum atomic E-state index is -4.73. The van der Waals surface area contributed by atoms with Gasteiger partial charge in [-0.1, -0.05) is 13.0 Å². The zero-order valence-electron chi connectivity index (χ0n) is 25.7. The van der Waals surface area contributed by atoms with E-state index in [2.05, 4.69) is 26.6 Å². The van der Waals surface area contributed by atoms with Gasteiger partial charge in [0.15, 0.2) is 5.82 Å². The normalized spacial score (nSPS) is 20.5. The molecule has 13 heteroatoms. The molecule has 1 N–H and O–H groups in total. The quantitative estimate of drug-likeness (QED) is 0.270. The Bertz CT molecular complexity index is 1800. The lowest BCUT2D eigenvalue weighted by Crippen LogP contribution is -2.36. The maximum absolute atomic E-state index is 14.4. The highest BCUT2D eigenvalue weighted by atomic mass is 19.4. The minimum absolute atomic E-state index is 0.0949. The van der Waals surface area contributed by atoms with E-state index in [0.29, 0.717) is 48.6 Å². The number of benzene rings is 1. The molecule has 1 unspecified atom stereocenters. The molecule has 0 spiro atoms. The number of rotatable bonds is 9. The van der Waals surface area contributed by atoms with Crippen molar-refractivity contribution in [3.05, 3.63) is 82.0 Å². The Morgan fingerprint density at radius 3 is 2.59 bits per heavy atom. The van der Waals surface area contributed by atoms with Crippen LogP contribution < -0.4 is 10.2 Å². The van der Waals surface area contributed by atoms with Gasteiger partial charge in [0.2, 0.25) is 0 Å². The van der Waals surface area contributed by atoms with Gasteiger partial charge < -0.3 is 14.6 Å². The van der Waals surface area contributed by atoms with Crippen molar-refractivity contribution in [2.75, 3.05) is 23.4 Å². The molecule has 2 aliphatic carbocycles. The SMILES string of the molecule is CCNc1cc(C2(C)CC(C#N)=CC=C2c2nncn2C)cc(N2Cc3c(cc(COCC4(F)CCC4)cc3C(F)(F)F)C2=O)n1. The fourth-order valence-electron chi connectivity index (χ4n) is 6.38. The lowest BCUT2D eigenvalue weighted by atomic mass is 9.69. The molecule has 1 aliphatic heterocycles. The Labute approximate surface area is 263 Å². The molecule has 6 rings (SSSR count).